The van der Waals surface area contributed by atoms with Gasteiger partial charge in [0.2, 0.25) is 0 Å². The summed E-state index contributed by atoms with van der Waals surface area (Å²) in [6, 6.07) is 0. The summed E-state index contributed by atoms with van der Waals surface area (Å²) in [4.78, 5) is 19.1. The van der Waals surface area contributed by atoms with Gasteiger partial charge in [-0.2, -0.15) is 0 Å². The Bertz CT molecular complexity index is 800. The first-order valence-corrected chi connectivity index (χ1v) is 6.25. The van der Waals surface area contributed by atoms with Gasteiger partial charge in [0.25, 0.3) is 0 Å². The molecule has 0 saturated carbocycles. The molecule has 0 radical (unpaired) electrons. The van der Waals surface area contributed by atoms with Crippen LogP contribution in [0.5, 0.6) is 0 Å². The number of aromatic nitrogens is 6. The lowest BCUT2D eigenvalue weighted by Crippen LogP contribution is -2.21. The van der Waals surface area contributed by atoms with Crippen LogP contribution in [-0.4, -0.2) is 35.7 Å². The van der Waals surface area contributed by atoms with Gasteiger partial charge in [0.15, 0.2) is 11.2 Å². The maximum atomic E-state index is 11.9. The lowest BCUT2D eigenvalue weighted by molar-refractivity contribution is -0.0298. The zero-order valence-electron chi connectivity index (χ0n) is 10.1. The van der Waals surface area contributed by atoms with E-state index in [1.54, 1.807) is 6.33 Å². The van der Waals surface area contributed by atoms with Gasteiger partial charge < -0.3 is 4.74 Å². The van der Waals surface area contributed by atoms with E-state index in [0.29, 0.717) is 16.8 Å². The lowest BCUT2D eigenvalue weighted by Gasteiger charge is -2.23. The van der Waals surface area contributed by atoms with Crippen LogP contribution in [0.4, 0.5) is 0 Å². The molecule has 8 nitrogen and oxygen atoms in total. The van der Waals surface area contributed by atoms with Gasteiger partial charge >= 0.3 is 5.69 Å². The standard InChI is InChI=1S/C11H12N6O2.H2/c18-11-14-9-8(10-15-13-6-17(10)11)12-5-16(9)7-3-1-2-4-19-7;/h5-7H,1-4H2,(H,14,18);1H. The highest BCUT2D eigenvalue weighted by atomic mass is 16.5. The first kappa shape index (κ1) is 10.7. The molecule has 1 aliphatic rings. The van der Waals surface area contributed by atoms with E-state index in [4.69, 9.17) is 4.74 Å². The van der Waals surface area contributed by atoms with Crippen molar-refractivity contribution in [1.82, 2.24) is 29.1 Å². The smallest absolute Gasteiger partial charge is 0.334 e. The van der Waals surface area contributed by atoms with Crippen LogP contribution in [0.1, 0.15) is 26.9 Å². The van der Waals surface area contributed by atoms with Crippen LogP contribution in [0.3, 0.4) is 0 Å². The van der Waals surface area contributed by atoms with Gasteiger partial charge in [-0.3, -0.25) is 9.55 Å². The summed E-state index contributed by atoms with van der Waals surface area (Å²) in [5.74, 6) is 0. The molecular formula is C11H14N6O2. The molecule has 0 aromatic carbocycles. The minimum atomic E-state index is -0.273. The lowest BCUT2D eigenvalue weighted by atomic mass is 10.2. The van der Waals surface area contributed by atoms with Gasteiger partial charge in [-0.25, -0.2) is 14.2 Å². The molecule has 1 aliphatic heterocycles. The molecule has 0 aliphatic carbocycles. The summed E-state index contributed by atoms with van der Waals surface area (Å²) in [6.07, 6.45) is 6.11. The Morgan fingerprint density at radius 3 is 3.21 bits per heavy atom. The Morgan fingerprint density at radius 2 is 2.37 bits per heavy atom. The van der Waals surface area contributed by atoms with Crippen molar-refractivity contribution < 1.29 is 6.16 Å². The predicted octanol–water partition coefficient (Wildman–Crippen LogP) is 0.712. The third-order valence-corrected chi connectivity index (χ3v) is 3.46. The second-order valence-corrected chi connectivity index (χ2v) is 4.62. The van der Waals surface area contributed by atoms with Crippen LogP contribution in [0.2, 0.25) is 0 Å². The average molecular weight is 262 g/mol. The van der Waals surface area contributed by atoms with Gasteiger partial charge in [0.1, 0.15) is 18.2 Å². The van der Waals surface area contributed by atoms with Crippen molar-refractivity contribution in [3.63, 3.8) is 0 Å². The SMILES string of the molecule is O=c1[nH]c2c(ncn2C2CCCCO2)c2nncn12.[HH]. The molecule has 19 heavy (non-hydrogen) atoms. The number of fused-ring (bicyclic) bond motifs is 3. The molecule has 1 N–H and O–H groups in total. The number of aromatic amines is 1. The van der Waals surface area contributed by atoms with Gasteiger partial charge in [0, 0.05) is 8.03 Å². The Balaban J connectivity index is 0.00000121. The topological polar surface area (TPSA) is 90.1 Å². The second kappa shape index (κ2) is 3.89. The van der Waals surface area contributed by atoms with Gasteiger partial charge in [-0.15, -0.1) is 10.2 Å². The minimum absolute atomic E-state index is 0. The van der Waals surface area contributed by atoms with Gasteiger partial charge in [-0.1, -0.05) is 0 Å². The molecule has 8 heteroatoms. The summed E-state index contributed by atoms with van der Waals surface area (Å²) >= 11 is 0. The minimum Gasteiger partial charge on any atom is -0.358 e. The van der Waals surface area contributed by atoms with Gasteiger partial charge in [0.05, 0.1) is 6.33 Å². The molecule has 0 spiro atoms. The molecule has 1 atom stereocenters. The summed E-state index contributed by atoms with van der Waals surface area (Å²) in [7, 11) is 0. The molecule has 1 saturated heterocycles. The number of hydrogen-bond donors (Lipinski definition) is 1. The Labute approximate surface area is 108 Å². The molecule has 100 valence electrons. The van der Waals surface area contributed by atoms with Crippen molar-refractivity contribution in [3.05, 3.63) is 23.1 Å². The van der Waals surface area contributed by atoms with E-state index in [9.17, 15) is 4.79 Å². The fourth-order valence-corrected chi connectivity index (χ4v) is 2.52. The third-order valence-electron chi connectivity index (χ3n) is 3.46. The van der Waals surface area contributed by atoms with E-state index in [1.807, 2.05) is 4.57 Å². The summed E-state index contributed by atoms with van der Waals surface area (Å²) in [6.45, 7) is 0.738. The Hall–Kier alpha value is -2.22. The largest absolute Gasteiger partial charge is 0.358 e. The quantitative estimate of drug-likeness (QED) is 0.697. The number of ether oxygens (including phenoxy) is 1. The maximum Gasteiger partial charge on any atom is 0.334 e. The molecule has 1 fully saturated rings. The number of imidazole rings is 1. The molecule has 4 heterocycles. The number of hydrogen-bond acceptors (Lipinski definition) is 5. The van der Waals surface area contributed by atoms with Crippen molar-refractivity contribution in [2.24, 2.45) is 0 Å². The van der Waals surface area contributed by atoms with Gasteiger partial charge in [-0.05, 0) is 19.3 Å². The number of H-pyrrole nitrogens is 1. The fourth-order valence-electron chi connectivity index (χ4n) is 2.52. The summed E-state index contributed by atoms with van der Waals surface area (Å²) < 4.78 is 8.94. The van der Waals surface area contributed by atoms with Crippen LogP contribution in [0.15, 0.2) is 17.4 Å². The summed E-state index contributed by atoms with van der Waals surface area (Å²) in [5, 5.41) is 7.69. The fraction of sp³-hybridized carbons (Fsp3) is 0.455. The highest BCUT2D eigenvalue weighted by Crippen LogP contribution is 2.25. The van der Waals surface area contributed by atoms with Crippen molar-refractivity contribution in [2.75, 3.05) is 6.61 Å². The molecular weight excluding hydrogens is 248 g/mol. The van der Waals surface area contributed by atoms with Crippen LogP contribution in [0.25, 0.3) is 16.8 Å². The third kappa shape index (κ3) is 1.49. The van der Waals surface area contributed by atoms with E-state index in [0.717, 1.165) is 25.9 Å². The average Bonchev–Trinajstić information content (AvgIpc) is 3.05. The normalized spacial score (nSPS) is 20.3. The molecule has 0 amide bonds. The Morgan fingerprint density at radius 1 is 1.42 bits per heavy atom. The second-order valence-electron chi connectivity index (χ2n) is 4.62. The molecule has 3 aromatic heterocycles. The molecule has 3 aromatic rings. The van der Waals surface area contributed by atoms with Crippen LogP contribution >= 0.6 is 0 Å². The van der Waals surface area contributed by atoms with E-state index >= 15 is 0 Å². The van der Waals surface area contributed by atoms with Crippen molar-refractivity contribution in [1.29, 1.82) is 0 Å². The van der Waals surface area contributed by atoms with Crippen LogP contribution < -0.4 is 5.69 Å². The monoisotopic (exact) mass is 262 g/mol. The number of nitrogens with zero attached hydrogens (tertiary/aromatic N) is 5. The molecule has 0 bridgehead atoms. The van der Waals surface area contributed by atoms with Crippen LogP contribution in [0, 0.1) is 0 Å². The Kier molecular flexibility index (Phi) is 2.18. The first-order valence-electron chi connectivity index (χ1n) is 6.25. The van der Waals surface area contributed by atoms with Crippen molar-refractivity contribution in [2.45, 2.75) is 25.5 Å². The zero-order valence-corrected chi connectivity index (χ0v) is 10.1. The molecule has 4 rings (SSSR count). The van der Waals surface area contributed by atoms with E-state index in [1.165, 1.54) is 10.7 Å². The number of nitrogens with one attached hydrogen (secondary N) is 1. The number of rotatable bonds is 1. The van der Waals surface area contributed by atoms with Crippen LogP contribution in [-0.2, 0) is 4.74 Å². The maximum absolute atomic E-state index is 11.9. The van der Waals surface area contributed by atoms with E-state index in [-0.39, 0.29) is 13.3 Å². The van der Waals surface area contributed by atoms with Crippen molar-refractivity contribution in [3.8, 4) is 0 Å². The zero-order chi connectivity index (χ0) is 12.8. The predicted molar refractivity (Wildman–Crippen MR) is 67.9 cm³/mol. The highest BCUT2D eigenvalue weighted by Gasteiger charge is 2.20. The summed E-state index contributed by atoms with van der Waals surface area (Å²) in [5.41, 5.74) is 1.46. The van der Waals surface area contributed by atoms with E-state index in [2.05, 4.69) is 20.2 Å². The van der Waals surface area contributed by atoms with Crippen molar-refractivity contribution >= 4 is 16.8 Å². The highest BCUT2D eigenvalue weighted by molar-refractivity contribution is 5.84. The van der Waals surface area contributed by atoms with E-state index < -0.39 is 0 Å². The first-order chi connectivity index (χ1) is 9.34. The molecule has 1 unspecified atom stereocenters.